The number of hydrogen-bond acceptors (Lipinski definition) is 7. The van der Waals surface area contributed by atoms with Gasteiger partial charge in [0.25, 0.3) is 10.0 Å². The van der Waals surface area contributed by atoms with E-state index in [1.54, 1.807) is 12.1 Å². The minimum Gasteiger partial charge on any atom is -0.463 e. The Balaban J connectivity index is 1.37. The second-order valence-electron chi connectivity index (χ2n) is 7.22. The minimum absolute atomic E-state index is 0.0200. The van der Waals surface area contributed by atoms with E-state index in [0.717, 1.165) is 5.56 Å². The van der Waals surface area contributed by atoms with Crippen LogP contribution in [-0.4, -0.2) is 34.0 Å². The summed E-state index contributed by atoms with van der Waals surface area (Å²) in [5, 5.41) is 0. The van der Waals surface area contributed by atoms with Crippen molar-refractivity contribution in [3.63, 3.8) is 0 Å². The van der Waals surface area contributed by atoms with Crippen molar-refractivity contribution < 1.29 is 31.9 Å². The molecule has 0 fully saturated rings. The first-order chi connectivity index (χ1) is 15.9. The van der Waals surface area contributed by atoms with Crippen LogP contribution in [-0.2, 0) is 37.3 Å². The van der Waals surface area contributed by atoms with Gasteiger partial charge in [-0.3, -0.25) is 4.31 Å². The molecule has 0 amide bonds. The number of fused-ring (bicyclic) bond motifs is 1. The number of benzene rings is 2. The van der Waals surface area contributed by atoms with Crippen molar-refractivity contribution >= 4 is 33.7 Å². The van der Waals surface area contributed by atoms with Crippen molar-refractivity contribution in [2.45, 2.75) is 17.9 Å². The quantitative estimate of drug-likeness (QED) is 0.387. The van der Waals surface area contributed by atoms with E-state index in [9.17, 15) is 18.0 Å². The highest BCUT2D eigenvalue weighted by Crippen LogP contribution is 2.32. The van der Waals surface area contributed by atoms with Crippen molar-refractivity contribution in [1.82, 2.24) is 0 Å². The average Bonchev–Trinajstić information content (AvgIpc) is 3.49. The van der Waals surface area contributed by atoms with Gasteiger partial charge in [0.1, 0.15) is 12.4 Å². The predicted molar refractivity (Wildman–Crippen MR) is 120 cm³/mol. The third kappa shape index (κ3) is 4.83. The van der Waals surface area contributed by atoms with Gasteiger partial charge in [0.2, 0.25) is 5.76 Å². The Kier molecular flexibility index (Phi) is 6.32. The van der Waals surface area contributed by atoms with Crippen LogP contribution in [0.5, 0.6) is 0 Å². The van der Waals surface area contributed by atoms with Crippen LogP contribution in [0.15, 0.2) is 76.1 Å². The standard InChI is InChI=1S/C24H21NO7S/c1-30-24(27)22-12-9-19(32-22)16-31-23(26)13-8-17-6-10-20(11-7-17)33(28,29)25-15-14-18-4-2-3-5-21(18)25/h2-13H,14-16H2,1H3/b13-8+. The first-order valence-electron chi connectivity index (χ1n) is 10.1. The number of ether oxygens (including phenoxy) is 2. The predicted octanol–water partition coefficient (Wildman–Crippen LogP) is 3.57. The molecule has 0 saturated heterocycles. The summed E-state index contributed by atoms with van der Waals surface area (Å²) in [6.45, 7) is 0.265. The Morgan fingerprint density at radius 2 is 1.82 bits per heavy atom. The Morgan fingerprint density at radius 3 is 2.58 bits per heavy atom. The molecule has 1 aromatic heterocycles. The van der Waals surface area contributed by atoms with E-state index in [1.165, 1.54) is 47.8 Å². The maximum Gasteiger partial charge on any atom is 0.373 e. The van der Waals surface area contributed by atoms with Crippen molar-refractivity contribution in [1.29, 1.82) is 0 Å². The van der Waals surface area contributed by atoms with Crippen LogP contribution in [0.25, 0.3) is 6.08 Å². The monoisotopic (exact) mass is 467 g/mol. The molecule has 9 heteroatoms. The number of nitrogens with zero attached hydrogens (tertiary/aromatic N) is 1. The van der Waals surface area contributed by atoms with Crippen molar-refractivity contribution in [2.75, 3.05) is 18.0 Å². The number of hydrogen-bond donors (Lipinski definition) is 0. The van der Waals surface area contributed by atoms with E-state index in [-0.39, 0.29) is 17.3 Å². The first-order valence-corrected chi connectivity index (χ1v) is 11.5. The fourth-order valence-electron chi connectivity index (χ4n) is 3.46. The molecule has 0 aliphatic carbocycles. The molecule has 33 heavy (non-hydrogen) atoms. The van der Waals surface area contributed by atoms with E-state index < -0.39 is 22.0 Å². The van der Waals surface area contributed by atoms with Crippen LogP contribution in [0.4, 0.5) is 5.69 Å². The van der Waals surface area contributed by atoms with E-state index >= 15 is 0 Å². The highest BCUT2D eigenvalue weighted by atomic mass is 32.2. The van der Waals surface area contributed by atoms with Crippen molar-refractivity contribution in [3.8, 4) is 0 Å². The maximum atomic E-state index is 13.1. The van der Waals surface area contributed by atoms with Crippen LogP contribution in [0.1, 0.15) is 27.4 Å². The van der Waals surface area contributed by atoms with Gasteiger partial charge in [-0.2, -0.15) is 0 Å². The molecular weight excluding hydrogens is 446 g/mol. The van der Waals surface area contributed by atoms with Gasteiger partial charge >= 0.3 is 11.9 Å². The fourth-order valence-corrected chi connectivity index (χ4v) is 4.96. The lowest BCUT2D eigenvalue weighted by molar-refractivity contribution is -0.139. The number of anilines is 1. The molecule has 0 bridgehead atoms. The van der Waals surface area contributed by atoms with Gasteiger partial charge in [-0.25, -0.2) is 18.0 Å². The van der Waals surface area contributed by atoms with Gasteiger partial charge < -0.3 is 13.9 Å². The lowest BCUT2D eigenvalue weighted by Crippen LogP contribution is -2.29. The summed E-state index contributed by atoms with van der Waals surface area (Å²) in [6, 6.07) is 16.7. The molecule has 2 heterocycles. The van der Waals surface area contributed by atoms with Crippen LogP contribution < -0.4 is 4.31 Å². The van der Waals surface area contributed by atoms with Gasteiger partial charge in [-0.15, -0.1) is 0 Å². The highest BCUT2D eigenvalue weighted by molar-refractivity contribution is 7.92. The number of methoxy groups -OCH3 is 1. The van der Waals surface area contributed by atoms with Gasteiger partial charge in [0, 0.05) is 12.6 Å². The van der Waals surface area contributed by atoms with Crippen LogP contribution >= 0.6 is 0 Å². The zero-order valence-electron chi connectivity index (χ0n) is 17.8. The van der Waals surface area contributed by atoms with E-state index in [4.69, 9.17) is 9.15 Å². The molecule has 0 N–H and O–H groups in total. The van der Waals surface area contributed by atoms with Crippen LogP contribution in [0.3, 0.4) is 0 Å². The summed E-state index contributed by atoms with van der Waals surface area (Å²) < 4.78 is 42.4. The Labute approximate surface area is 191 Å². The smallest absolute Gasteiger partial charge is 0.373 e. The second kappa shape index (κ2) is 9.33. The molecule has 0 unspecified atom stereocenters. The SMILES string of the molecule is COC(=O)c1ccc(COC(=O)/C=C/c2ccc(S(=O)(=O)N3CCc4ccccc43)cc2)o1. The minimum atomic E-state index is -3.67. The third-order valence-electron chi connectivity index (χ3n) is 5.13. The Morgan fingerprint density at radius 1 is 1.06 bits per heavy atom. The number of sulfonamides is 1. The third-order valence-corrected chi connectivity index (χ3v) is 6.96. The molecule has 8 nitrogen and oxygen atoms in total. The Hall–Kier alpha value is -3.85. The highest BCUT2D eigenvalue weighted by Gasteiger charge is 2.30. The topological polar surface area (TPSA) is 103 Å². The fraction of sp³-hybridized carbons (Fsp3) is 0.167. The van der Waals surface area contributed by atoms with Crippen LogP contribution in [0.2, 0.25) is 0 Å². The molecule has 1 aliphatic rings. The number of esters is 2. The van der Waals surface area contributed by atoms with E-state index in [2.05, 4.69) is 4.74 Å². The van der Waals surface area contributed by atoms with Gasteiger partial charge in [-0.1, -0.05) is 30.3 Å². The molecule has 0 radical (unpaired) electrons. The summed E-state index contributed by atoms with van der Waals surface area (Å²) in [5.74, 6) is -0.912. The molecule has 2 aromatic carbocycles. The maximum absolute atomic E-state index is 13.1. The van der Waals surface area contributed by atoms with Gasteiger partial charge in [-0.05, 0) is 54.0 Å². The second-order valence-corrected chi connectivity index (χ2v) is 9.09. The largest absolute Gasteiger partial charge is 0.463 e. The number of rotatable bonds is 7. The lowest BCUT2D eigenvalue weighted by atomic mass is 10.2. The Bertz CT molecular complexity index is 1310. The molecule has 0 spiro atoms. The summed E-state index contributed by atoms with van der Waals surface area (Å²) in [4.78, 5) is 23.5. The number of para-hydroxylation sites is 1. The van der Waals surface area contributed by atoms with E-state index in [0.29, 0.717) is 30.0 Å². The molecule has 3 aromatic rings. The number of carbonyl (C=O) groups is 2. The first kappa shape index (κ1) is 22.3. The number of carbonyl (C=O) groups excluding carboxylic acids is 2. The molecule has 170 valence electrons. The molecule has 1 aliphatic heterocycles. The lowest BCUT2D eigenvalue weighted by Gasteiger charge is -2.19. The molecule has 0 atom stereocenters. The van der Waals surface area contributed by atoms with Gasteiger partial charge in [0.15, 0.2) is 0 Å². The summed E-state index contributed by atoms with van der Waals surface area (Å²) in [6.07, 6.45) is 3.43. The zero-order valence-corrected chi connectivity index (χ0v) is 18.6. The number of furan rings is 1. The summed E-state index contributed by atoms with van der Waals surface area (Å²) in [7, 11) is -2.43. The van der Waals surface area contributed by atoms with E-state index in [1.807, 2.05) is 24.3 Å². The average molecular weight is 467 g/mol. The summed E-state index contributed by atoms with van der Waals surface area (Å²) in [5.41, 5.74) is 2.35. The zero-order chi connectivity index (χ0) is 23.4. The van der Waals surface area contributed by atoms with Crippen molar-refractivity contribution in [2.24, 2.45) is 0 Å². The molecule has 0 saturated carbocycles. The van der Waals surface area contributed by atoms with Gasteiger partial charge in [0.05, 0.1) is 17.7 Å². The van der Waals surface area contributed by atoms with Crippen molar-refractivity contribution in [3.05, 3.63) is 89.4 Å². The summed E-state index contributed by atoms with van der Waals surface area (Å²) >= 11 is 0. The molecule has 4 rings (SSSR count). The molecular formula is C24H21NO7S. The normalized spacial score (nSPS) is 13.2. The van der Waals surface area contributed by atoms with Crippen LogP contribution in [0, 0.1) is 0 Å².